The minimum Gasteiger partial charge on any atom is -0.493 e. The summed E-state index contributed by atoms with van der Waals surface area (Å²) in [5.74, 6) is -0.0261. The molecule has 8 nitrogen and oxygen atoms in total. The molecule has 2 aromatic carbocycles. The first-order chi connectivity index (χ1) is 16.8. The van der Waals surface area contributed by atoms with Crippen LogP contribution < -0.4 is 20.1 Å². The number of aryl methyl sites for hydroxylation is 1. The van der Waals surface area contributed by atoms with E-state index >= 15 is 0 Å². The molecular formula is C26H27N3O5S. The molecule has 1 saturated heterocycles. The van der Waals surface area contributed by atoms with Crippen LogP contribution in [-0.4, -0.2) is 43.5 Å². The maximum Gasteiger partial charge on any atom is 0.325 e. The summed E-state index contributed by atoms with van der Waals surface area (Å²) < 4.78 is 10.6. The fourth-order valence-corrected chi connectivity index (χ4v) is 4.87. The summed E-state index contributed by atoms with van der Waals surface area (Å²) in [6.45, 7) is 3.20. The highest BCUT2D eigenvalue weighted by atomic mass is 32.1. The number of carbonyl (C=O) groups is 3. The van der Waals surface area contributed by atoms with Crippen LogP contribution in [0.4, 0.5) is 4.79 Å². The van der Waals surface area contributed by atoms with Crippen LogP contribution in [-0.2, 0) is 15.1 Å². The first-order valence-electron chi connectivity index (χ1n) is 11.0. The van der Waals surface area contributed by atoms with Crippen molar-refractivity contribution in [1.82, 2.24) is 15.5 Å². The molecule has 1 fully saturated rings. The average Bonchev–Trinajstić information content (AvgIpc) is 3.46. The molecule has 1 aliphatic rings. The van der Waals surface area contributed by atoms with Gasteiger partial charge in [0.25, 0.3) is 5.91 Å². The van der Waals surface area contributed by atoms with Crippen molar-refractivity contribution in [3.05, 3.63) is 81.5 Å². The summed E-state index contributed by atoms with van der Waals surface area (Å²) in [5.41, 5.74) is 1.20. The predicted molar refractivity (Wildman–Crippen MR) is 133 cm³/mol. The Balaban J connectivity index is 1.54. The summed E-state index contributed by atoms with van der Waals surface area (Å²) in [6.07, 6.45) is 0. The fourth-order valence-electron chi connectivity index (χ4n) is 4.07. The van der Waals surface area contributed by atoms with Gasteiger partial charge in [0.1, 0.15) is 12.1 Å². The van der Waals surface area contributed by atoms with Gasteiger partial charge in [-0.05, 0) is 48.6 Å². The Kier molecular flexibility index (Phi) is 6.79. The zero-order chi connectivity index (χ0) is 25.2. The summed E-state index contributed by atoms with van der Waals surface area (Å²) in [6, 6.07) is 15.7. The van der Waals surface area contributed by atoms with Crippen LogP contribution in [0.3, 0.4) is 0 Å². The molecule has 9 heteroatoms. The molecule has 1 aromatic heterocycles. The molecule has 3 aromatic rings. The third-order valence-corrected chi connectivity index (χ3v) is 7.02. The van der Waals surface area contributed by atoms with E-state index < -0.39 is 29.9 Å². The summed E-state index contributed by atoms with van der Waals surface area (Å²) in [5, 5.41) is 7.65. The normalized spacial score (nSPS) is 18.2. The lowest BCUT2D eigenvalue weighted by Gasteiger charge is -2.24. The zero-order valence-electron chi connectivity index (χ0n) is 20.0. The quantitative estimate of drug-likeness (QED) is 0.466. The number of carbonyl (C=O) groups excluding carboxylic acids is 3. The van der Waals surface area contributed by atoms with E-state index in [-0.39, 0.29) is 6.04 Å². The number of hydrogen-bond acceptors (Lipinski definition) is 6. The van der Waals surface area contributed by atoms with E-state index in [0.29, 0.717) is 17.1 Å². The van der Waals surface area contributed by atoms with Crippen molar-refractivity contribution in [3.63, 3.8) is 0 Å². The van der Waals surface area contributed by atoms with Crippen LogP contribution in [0.1, 0.15) is 34.5 Å². The molecule has 4 amide bonds. The molecule has 4 rings (SSSR count). The lowest BCUT2D eigenvalue weighted by Crippen LogP contribution is -2.44. The molecule has 2 heterocycles. The molecule has 1 aliphatic heterocycles. The Morgan fingerprint density at radius 2 is 1.80 bits per heavy atom. The Morgan fingerprint density at radius 3 is 2.43 bits per heavy atom. The first-order valence-corrected chi connectivity index (χ1v) is 11.9. The van der Waals surface area contributed by atoms with Crippen molar-refractivity contribution in [2.24, 2.45) is 0 Å². The Labute approximate surface area is 207 Å². The average molecular weight is 494 g/mol. The van der Waals surface area contributed by atoms with Gasteiger partial charge in [-0.3, -0.25) is 14.5 Å². The Hall–Kier alpha value is -3.85. The minimum atomic E-state index is -1.35. The number of urea groups is 1. The number of nitrogens with one attached hydrogen (secondary N) is 2. The van der Waals surface area contributed by atoms with Crippen LogP contribution in [0.5, 0.6) is 11.5 Å². The van der Waals surface area contributed by atoms with Gasteiger partial charge in [-0.1, -0.05) is 42.0 Å². The number of amides is 4. The summed E-state index contributed by atoms with van der Waals surface area (Å²) in [7, 11) is 3.01. The second kappa shape index (κ2) is 9.79. The predicted octanol–water partition coefficient (Wildman–Crippen LogP) is 3.75. The van der Waals surface area contributed by atoms with Crippen molar-refractivity contribution in [1.29, 1.82) is 0 Å². The minimum absolute atomic E-state index is 0.388. The molecule has 2 N–H and O–H groups in total. The van der Waals surface area contributed by atoms with Crippen molar-refractivity contribution in [2.75, 3.05) is 20.8 Å². The number of thiophene rings is 1. The van der Waals surface area contributed by atoms with Gasteiger partial charge in [0.2, 0.25) is 5.91 Å². The maximum atomic E-state index is 13.3. The van der Waals surface area contributed by atoms with Crippen LogP contribution in [0.2, 0.25) is 0 Å². The molecule has 35 heavy (non-hydrogen) atoms. The van der Waals surface area contributed by atoms with Gasteiger partial charge in [-0.2, -0.15) is 0 Å². The van der Waals surface area contributed by atoms with Crippen molar-refractivity contribution >= 4 is 29.2 Å². The molecule has 0 unspecified atom stereocenters. The molecule has 0 radical (unpaired) electrons. The van der Waals surface area contributed by atoms with E-state index in [1.54, 1.807) is 25.1 Å². The molecule has 0 bridgehead atoms. The number of benzene rings is 2. The van der Waals surface area contributed by atoms with Crippen LogP contribution in [0, 0.1) is 6.92 Å². The van der Waals surface area contributed by atoms with Crippen molar-refractivity contribution in [2.45, 2.75) is 25.4 Å². The van der Waals surface area contributed by atoms with E-state index in [0.717, 1.165) is 20.9 Å². The van der Waals surface area contributed by atoms with Gasteiger partial charge in [0, 0.05) is 4.88 Å². The monoisotopic (exact) mass is 493 g/mol. The lowest BCUT2D eigenvalue weighted by atomic mass is 9.91. The summed E-state index contributed by atoms with van der Waals surface area (Å²) >= 11 is 1.52. The number of rotatable bonds is 8. The molecule has 182 valence electrons. The first kappa shape index (κ1) is 24.3. The van der Waals surface area contributed by atoms with Gasteiger partial charge >= 0.3 is 6.03 Å². The highest BCUT2D eigenvalue weighted by Gasteiger charge is 2.49. The third-order valence-electron chi connectivity index (χ3n) is 6.08. The largest absolute Gasteiger partial charge is 0.493 e. The number of ether oxygens (including phenoxy) is 2. The zero-order valence-corrected chi connectivity index (χ0v) is 20.8. The molecule has 2 atom stereocenters. The summed E-state index contributed by atoms with van der Waals surface area (Å²) in [4.78, 5) is 41.1. The second-order valence-corrected chi connectivity index (χ2v) is 9.42. The number of hydrogen-bond donors (Lipinski definition) is 2. The van der Waals surface area contributed by atoms with Gasteiger partial charge in [-0.15, -0.1) is 11.3 Å². The number of imide groups is 1. The highest BCUT2D eigenvalue weighted by molar-refractivity contribution is 7.10. The number of methoxy groups -OCH3 is 2. The van der Waals surface area contributed by atoms with Crippen LogP contribution >= 0.6 is 11.3 Å². The molecule has 0 spiro atoms. The molecular weight excluding hydrogens is 466 g/mol. The third kappa shape index (κ3) is 4.72. The van der Waals surface area contributed by atoms with Gasteiger partial charge < -0.3 is 20.1 Å². The van der Waals surface area contributed by atoms with Crippen LogP contribution in [0.15, 0.2) is 60.0 Å². The van der Waals surface area contributed by atoms with Gasteiger partial charge in [-0.25, -0.2) is 4.79 Å². The Morgan fingerprint density at radius 1 is 1.09 bits per heavy atom. The Bertz CT molecular complexity index is 1240. The smallest absolute Gasteiger partial charge is 0.325 e. The maximum absolute atomic E-state index is 13.3. The van der Waals surface area contributed by atoms with E-state index in [9.17, 15) is 14.4 Å². The van der Waals surface area contributed by atoms with Crippen molar-refractivity contribution in [3.8, 4) is 11.5 Å². The van der Waals surface area contributed by atoms with Crippen molar-refractivity contribution < 1.29 is 23.9 Å². The van der Waals surface area contributed by atoms with Crippen LogP contribution in [0.25, 0.3) is 0 Å². The second-order valence-electron chi connectivity index (χ2n) is 8.44. The molecule has 0 saturated carbocycles. The lowest BCUT2D eigenvalue weighted by molar-refractivity contribution is -0.135. The van der Waals surface area contributed by atoms with E-state index in [4.69, 9.17) is 9.47 Å². The van der Waals surface area contributed by atoms with E-state index in [2.05, 4.69) is 10.6 Å². The standard InChI is InChI=1S/C26H27N3O5S/c1-16-7-9-17(10-8-16)23(21-6-5-13-35-21)27-22(30)15-29-24(31)26(2,28-25(29)32)18-11-12-19(33-3)20(14-18)34-4/h5-14,23H,15H2,1-4H3,(H,27,30)(H,28,32)/t23-,26+/m1/s1. The molecule has 0 aliphatic carbocycles. The number of nitrogens with zero attached hydrogens (tertiary/aromatic N) is 1. The topological polar surface area (TPSA) is 97.0 Å². The van der Waals surface area contributed by atoms with Gasteiger partial charge in [0.15, 0.2) is 11.5 Å². The van der Waals surface area contributed by atoms with E-state index in [1.165, 1.54) is 25.6 Å². The highest BCUT2D eigenvalue weighted by Crippen LogP contribution is 2.35. The fraction of sp³-hybridized carbons (Fsp3) is 0.269. The van der Waals surface area contributed by atoms with Gasteiger partial charge in [0.05, 0.1) is 20.3 Å². The van der Waals surface area contributed by atoms with E-state index in [1.807, 2.05) is 48.7 Å². The SMILES string of the molecule is COc1ccc([C@]2(C)NC(=O)N(CC(=O)N[C@H](c3ccc(C)cc3)c3cccs3)C2=O)cc1OC.